The van der Waals surface area contributed by atoms with Crippen LogP contribution in [0.25, 0.3) is 11.3 Å². The number of carbonyl (C=O) groups is 1. The lowest BCUT2D eigenvalue weighted by Crippen LogP contribution is -2.47. The molecule has 5 rings (SSSR count). The summed E-state index contributed by atoms with van der Waals surface area (Å²) in [6.07, 6.45) is 5.86. The number of rotatable bonds is 5. The summed E-state index contributed by atoms with van der Waals surface area (Å²) in [4.78, 5) is 15.7. The van der Waals surface area contributed by atoms with Crippen LogP contribution in [0.4, 0.5) is 13.2 Å². The number of hydrogen-bond acceptors (Lipinski definition) is 3. The molecule has 3 aromatic rings. The highest BCUT2D eigenvalue weighted by Gasteiger charge is 2.41. The number of carbonyl (C=O) groups excluding carboxylic acids is 1. The van der Waals surface area contributed by atoms with E-state index in [9.17, 15) is 18.0 Å². The van der Waals surface area contributed by atoms with Crippen molar-refractivity contribution in [3.8, 4) is 11.3 Å². The van der Waals surface area contributed by atoms with Crippen molar-refractivity contribution >= 4 is 5.91 Å². The molecule has 6 nitrogen and oxygen atoms in total. The molecule has 1 aliphatic carbocycles. The molecule has 1 aromatic carbocycles. The van der Waals surface area contributed by atoms with Crippen LogP contribution >= 0.6 is 0 Å². The van der Waals surface area contributed by atoms with E-state index in [1.165, 1.54) is 0 Å². The number of amides is 1. The Morgan fingerprint density at radius 1 is 1.09 bits per heavy atom. The Labute approximate surface area is 196 Å². The Kier molecular flexibility index (Phi) is 5.53. The molecule has 2 atom stereocenters. The van der Waals surface area contributed by atoms with Gasteiger partial charge in [0.15, 0.2) is 17.5 Å². The number of aryl methyl sites for hydroxylation is 2. The van der Waals surface area contributed by atoms with Gasteiger partial charge in [-0.3, -0.25) is 14.2 Å². The topological polar surface area (TPSA) is 56.0 Å². The number of benzene rings is 1. The maximum atomic E-state index is 14.0. The maximum absolute atomic E-state index is 14.0. The zero-order valence-corrected chi connectivity index (χ0v) is 19.8. The second kappa shape index (κ2) is 8.29. The third-order valence-corrected chi connectivity index (χ3v) is 7.08. The van der Waals surface area contributed by atoms with E-state index in [4.69, 9.17) is 0 Å². The second-order valence-electron chi connectivity index (χ2n) is 9.33. The summed E-state index contributed by atoms with van der Waals surface area (Å²) in [6.45, 7) is 5.88. The summed E-state index contributed by atoms with van der Waals surface area (Å²) >= 11 is 0. The third kappa shape index (κ3) is 3.52. The standard InChI is InChI=1S/C25H28F3N5O/c1-5-15-11-17-23(30-31(4)24(17)14-9-19(26)22(28)20(27)10-14)21(6-2)33(15)25(34)18-12-32(16-7-8-16)29-13(18)3/h9-10,12,15-16,21H,5-8,11H2,1-4H3. The molecular formula is C25H28F3N5O. The average Bonchev–Trinajstić information content (AvgIpc) is 3.50. The van der Waals surface area contributed by atoms with E-state index in [0.717, 1.165) is 36.2 Å². The summed E-state index contributed by atoms with van der Waals surface area (Å²) in [5.41, 5.74) is 3.67. The Hall–Kier alpha value is -3.10. The van der Waals surface area contributed by atoms with Gasteiger partial charge in [-0.2, -0.15) is 10.2 Å². The van der Waals surface area contributed by atoms with Crippen molar-refractivity contribution < 1.29 is 18.0 Å². The number of hydrogen-bond donors (Lipinski definition) is 0. The smallest absolute Gasteiger partial charge is 0.258 e. The molecule has 0 spiro atoms. The Morgan fingerprint density at radius 3 is 2.35 bits per heavy atom. The molecular weight excluding hydrogens is 443 g/mol. The normalized spacial score (nSPS) is 20.0. The minimum atomic E-state index is -1.49. The van der Waals surface area contributed by atoms with Gasteiger partial charge in [0, 0.05) is 30.4 Å². The van der Waals surface area contributed by atoms with Crippen LogP contribution in [0.1, 0.15) is 78.9 Å². The summed E-state index contributed by atoms with van der Waals surface area (Å²) in [5.74, 6) is -4.03. The van der Waals surface area contributed by atoms with Crippen molar-refractivity contribution in [1.82, 2.24) is 24.5 Å². The molecule has 1 fully saturated rings. The van der Waals surface area contributed by atoms with Gasteiger partial charge in [-0.05, 0) is 51.2 Å². The highest BCUT2D eigenvalue weighted by Crippen LogP contribution is 2.42. The molecule has 3 heterocycles. The first kappa shape index (κ1) is 22.7. The van der Waals surface area contributed by atoms with E-state index >= 15 is 0 Å². The SMILES string of the molecule is CCC1Cc2c(nn(C)c2-c2cc(F)c(F)c(F)c2)C(CC)N1C(=O)c1cn(C2CC2)nc1C. The molecule has 34 heavy (non-hydrogen) atoms. The van der Waals surface area contributed by atoms with Crippen LogP contribution in [0.2, 0.25) is 0 Å². The fraction of sp³-hybridized carbons (Fsp3) is 0.480. The zero-order chi connectivity index (χ0) is 24.3. The summed E-state index contributed by atoms with van der Waals surface area (Å²) in [5, 5.41) is 9.25. The largest absolute Gasteiger partial charge is 0.327 e. The highest BCUT2D eigenvalue weighted by molar-refractivity contribution is 5.96. The molecule has 2 unspecified atom stereocenters. The van der Waals surface area contributed by atoms with Crippen molar-refractivity contribution in [2.75, 3.05) is 0 Å². The predicted molar refractivity (Wildman–Crippen MR) is 121 cm³/mol. The molecule has 0 bridgehead atoms. The minimum absolute atomic E-state index is 0.0696. The average molecular weight is 472 g/mol. The predicted octanol–water partition coefficient (Wildman–Crippen LogP) is 5.27. The Bertz CT molecular complexity index is 1250. The number of halogens is 3. The van der Waals surface area contributed by atoms with Crippen molar-refractivity contribution in [2.45, 2.75) is 71.0 Å². The summed E-state index contributed by atoms with van der Waals surface area (Å²) in [6, 6.07) is 1.98. The van der Waals surface area contributed by atoms with Gasteiger partial charge < -0.3 is 4.90 Å². The van der Waals surface area contributed by atoms with Gasteiger partial charge in [0.05, 0.1) is 34.7 Å². The van der Waals surface area contributed by atoms with E-state index in [-0.39, 0.29) is 23.6 Å². The first-order valence-electron chi connectivity index (χ1n) is 11.8. The molecule has 1 amide bonds. The molecule has 1 saturated carbocycles. The minimum Gasteiger partial charge on any atom is -0.327 e. The van der Waals surface area contributed by atoms with Gasteiger partial charge in [-0.25, -0.2) is 13.2 Å². The van der Waals surface area contributed by atoms with Crippen LogP contribution in [0.3, 0.4) is 0 Å². The first-order chi connectivity index (χ1) is 16.2. The molecule has 0 saturated heterocycles. The lowest BCUT2D eigenvalue weighted by Gasteiger charge is -2.41. The molecule has 9 heteroatoms. The molecule has 180 valence electrons. The number of aromatic nitrogens is 4. The lowest BCUT2D eigenvalue weighted by molar-refractivity contribution is 0.0512. The van der Waals surface area contributed by atoms with E-state index in [2.05, 4.69) is 10.2 Å². The van der Waals surface area contributed by atoms with Gasteiger partial charge >= 0.3 is 0 Å². The van der Waals surface area contributed by atoms with Gasteiger partial charge in [-0.1, -0.05) is 13.8 Å². The molecule has 1 aliphatic heterocycles. The van der Waals surface area contributed by atoms with Crippen LogP contribution in [-0.2, 0) is 13.5 Å². The van der Waals surface area contributed by atoms with E-state index in [1.807, 2.05) is 36.5 Å². The van der Waals surface area contributed by atoms with Gasteiger partial charge in [0.1, 0.15) is 0 Å². The van der Waals surface area contributed by atoms with Crippen molar-refractivity contribution in [2.24, 2.45) is 7.05 Å². The van der Waals surface area contributed by atoms with Crippen molar-refractivity contribution in [1.29, 1.82) is 0 Å². The van der Waals surface area contributed by atoms with Crippen LogP contribution < -0.4 is 0 Å². The van der Waals surface area contributed by atoms with E-state index in [0.29, 0.717) is 42.3 Å². The number of nitrogens with zero attached hydrogens (tertiary/aromatic N) is 5. The van der Waals surface area contributed by atoms with E-state index < -0.39 is 17.5 Å². The monoisotopic (exact) mass is 471 g/mol. The number of fused-ring (bicyclic) bond motifs is 1. The Morgan fingerprint density at radius 2 is 1.76 bits per heavy atom. The van der Waals surface area contributed by atoms with Crippen molar-refractivity contribution in [3.05, 3.63) is 58.3 Å². The molecule has 2 aliphatic rings. The van der Waals surface area contributed by atoms with Crippen LogP contribution in [0.5, 0.6) is 0 Å². The second-order valence-corrected chi connectivity index (χ2v) is 9.33. The molecule has 2 aromatic heterocycles. The van der Waals surface area contributed by atoms with Gasteiger partial charge in [0.25, 0.3) is 5.91 Å². The molecule has 0 N–H and O–H groups in total. The van der Waals surface area contributed by atoms with Gasteiger partial charge in [0.2, 0.25) is 0 Å². The fourth-order valence-corrected chi connectivity index (χ4v) is 5.23. The summed E-state index contributed by atoms with van der Waals surface area (Å²) < 4.78 is 45.1. The van der Waals surface area contributed by atoms with Crippen molar-refractivity contribution in [3.63, 3.8) is 0 Å². The molecule has 0 radical (unpaired) electrons. The maximum Gasteiger partial charge on any atom is 0.258 e. The zero-order valence-electron chi connectivity index (χ0n) is 19.8. The fourth-order valence-electron chi connectivity index (χ4n) is 5.23. The third-order valence-electron chi connectivity index (χ3n) is 7.08. The first-order valence-corrected chi connectivity index (χ1v) is 11.8. The Balaban J connectivity index is 1.58. The van der Waals surface area contributed by atoms with Gasteiger partial charge in [-0.15, -0.1) is 0 Å². The van der Waals surface area contributed by atoms with E-state index in [1.54, 1.807) is 11.7 Å². The highest BCUT2D eigenvalue weighted by atomic mass is 19.2. The van der Waals surface area contributed by atoms with Crippen LogP contribution in [0.15, 0.2) is 18.3 Å². The van der Waals surface area contributed by atoms with Crippen LogP contribution in [-0.4, -0.2) is 36.4 Å². The summed E-state index contributed by atoms with van der Waals surface area (Å²) in [7, 11) is 1.70. The van der Waals surface area contributed by atoms with Crippen LogP contribution in [0, 0.1) is 24.4 Å². The quantitative estimate of drug-likeness (QED) is 0.476. The lowest BCUT2D eigenvalue weighted by atomic mass is 9.87.